The number of amides is 1. The number of aromatic nitrogens is 2. The van der Waals surface area contributed by atoms with Gasteiger partial charge in [0, 0.05) is 17.3 Å². The van der Waals surface area contributed by atoms with Crippen LogP contribution in [0, 0.1) is 5.82 Å². The minimum absolute atomic E-state index is 0.112. The molecule has 8 heteroatoms. The third kappa shape index (κ3) is 4.09. The second kappa shape index (κ2) is 7.68. The van der Waals surface area contributed by atoms with E-state index in [0.29, 0.717) is 22.0 Å². The van der Waals surface area contributed by atoms with Crippen molar-refractivity contribution in [2.45, 2.75) is 6.54 Å². The van der Waals surface area contributed by atoms with Crippen LogP contribution in [0.25, 0.3) is 11.3 Å². The average Bonchev–Trinajstić information content (AvgIpc) is 2.61. The summed E-state index contributed by atoms with van der Waals surface area (Å²) < 4.78 is 14.2. The van der Waals surface area contributed by atoms with Gasteiger partial charge in [-0.15, -0.1) is 0 Å². The van der Waals surface area contributed by atoms with Crippen molar-refractivity contribution in [2.24, 2.45) is 0 Å². The van der Waals surface area contributed by atoms with Crippen molar-refractivity contribution in [2.75, 3.05) is 5.32 Å². The van der Waals surface area contributed by atoms with Crippen LogP contribution in [0.3, 0.4) is 0 Å². The first-order valence-corrected chi connectivity index (χ1v) is 8.27. The molecule has 0 saturated heterocycles. The lowest BCUT2D eigenvalue weighted by atomic mass is 10.1. The molecule has 0 aliphatic carbocycles. The van der Waals surface area contributed by atoms with Gasteiger partial charge >= 0.3 is 0 Å². The maximum atomic E-state index is 13.2. The molecule has 1 heterocycles. The van der Waals surface area contributed by atoms with E-state index in [4.69, 9.17) is 23.2 Å². The molecule has 5 nitrogen and oxygen atoms in total. The van der Waals surface area contributed by atoms with Gasteiger partial charge in [0.25, 0.3) is 5.56 Å². The lowest BCUT2D eigenvalue weighted by molar-refractivity contribution is -0.117. The highest BCUT2D eigenvalue weighted by atomic mass is 35.5. The summed E-state index contributed by atoms with van der Waals surface area (Å²) in [7, 11) is 0. The Bertz CT molecular complexity index is 1040. The van der Waals surface area contributed by atoms with Gasteiger partial charge in [-0.1, -0.05) is 41.4 Å². The summed E-state index contributed by atoms with van der Waals surface area (Å²) in [4.78, 5) is 24.2. The molecular weight excluding hydrogens is 380 g/mol. The third-order valence-corrected chi connectivity index (χ3v) is 4.13. The monoisotopic (exact) mass is 391 g/mol. The Balaban J connectivity index is 1.82. The van der Waals surface area contributed by atoms with Crippen LogP contribution in [-0.2, 0) is 11.3 Å². The van der Waals surface area contributed by atoms with Crippen molar-refractivity contribution >= 4 is 34.8 Å². The van der Waals surface area contributed by atoms with Gasteiger partial charge in [0.1, 0.15) is 12.4 Å². The van der Waals surface area contributed by atoms with Crippen molar-refractivity contribution in [1.82, 2.24) is 9.78 Å². The number of rotatable bonds is 4. The fraction of sp³-hybridized carbons (Fsp3) is 0.0556. The molecule has 0 saturated carbocycles. The number of halogens is 3. The molecule has 0 aliphatic heterocycles. The molecule has 0 bridgehead atoms. The molecule has 132 valence electrons. The van der Waals surface area contributed by atoms with E-state index in [1.165, 1.54) is 24.3 Å². The van der Waals surface area contributed by atoms with Crippen LogP contribution in [0.2, 0.25) is 10.0 Å². The standard InChI is InChI=1S/C18H12Cl2FN3O2/c19-13-4-2-1-3-12(13)16-7-8-18(26)24(23-16)10-17(25)22-11-5-6-15(21)14(20)9-11/h1-9H,10H2,(H,22,25). The predicted octanol–water partition coefficient (Wildman–Crippen LogP) is 3.99. The summed E-state index contributed by atoms with van der Waals surface area (Å²) in [6.07, 6.45) is 0. The third-order valence-electron chi connectivity index (χ3n) is 3.51. The Morgan fingerprint density at radius 2 is 1.85 bits per heavy atom. The van der Waals surface area contributed by atoms with E-state index < -0.39 is 17.3 Å². The minimum Gasteiger partial charge on any atom is -0.324 e. The Labute approximate surface area is 158 Å². The maximum absolute atomic E-state index is 13.2. The highest BCUT2D eigenvalue weighted by molar-refractivity contribution is 6.33. The quantitative estimate of drug-likeness (QED) is 0.730. The number of hydrogen-bond donors (Lipinski definition) is 1. The van der Waals surface area contributed by atoms with E-state index in [-0.39, 0.29) is 11.6 Å². The summed E-state index contributed by atoms with van der Waals surface area (Å²) in [5, 5.41) is 7.10. The number of carbonyl (C=O) groups excluding carboxylic acids is 1. The zero-order valence-corrected chi connectivity index (χ0v) is 14.8. The van der Waals surface area contributed by atoms with Crippen molar-refractivity contribution < 1.29 is 9.18 Å². The number of benzene rings is 2. The molecule has 1 aromatic heterocycles. The highest BCUT2D eigenvalue weighted by Gasteiger charge is 2.11. The summed E-state index contributed by atoms with van der Waals surface area (Å²) in [5.41, 5.74) is 0.992. The molecule has 0 aliphatic rings. The zero-order chi connectivity index (χ0) is 18.7. The van der Waals surface area contributed by atoms with Gasteiger partial charge in [0.2, 0.25) is 5.91 Å². The van der Waals surface area contributed by atoms with Crippen LogP contribution >= 0.6 is 23.2 Å². The van der Waals surface area contributed by atoms with E-state index in [0.717, 1.165) is 10.7 Å². The Hall–Kier alpha value is -2.70. The van der Waals surface area contributed by atoms with Gasteiger partial charge < -0.3 is 5.32 Å². The molecule has 3 aromatic rings. The fourth-order valence-electron chi connectivity index (χ4n) is 2.29. The molecule has 0 unspecified atom stereocenters. The van der Waals surface area contributed by atoms with Crippen molar-refractivity contribution in [3.63, 3.8) is 0 Å². The summed E-state index contributed by atoms with van der Waals surface area (Å²) in [6, 6.07) is 13.7. The normalized spacial score (nSPS) is 10.6. The van der Waals surface area contributed by atoms with Crippen molar-refractivity contribution in [1.29, 1.82) is 0 Å². The molecular formula is C18H12Cl2FN3O2. The summed E-state index contributed by atoms with van der Waals surface area (Å²) >= 11 is 11.8. The lowest BCUT2D eigenvalue weighted by Gasteiger charge is -2.09. The predicted molar refractivity (Wildman–Crippen MR) is 99.0 cm³/mol. The molecule has 3 rings (SSSR count). The van der Waals surface area contributed by atoms with Gasteiger partial charge in [-0.3, -0.25) is 9.59 Å². The second-order valence-corrected chi connectivity index (χ2v) is 6.19. The van der Waals surface area contributed by atoms with Gasteiger partial charge in [-0.05, 0) is 30.3 Å². The lowest BCUT2D eigenvalue weighted by Crippen LogP contribution is -2.29. The Morgan fingerprint density at radius 3 is 2.58 bits per heavy atom. The van der Waals surface area contributed by atoms with Crippen LogP contribution in [0.5, 0.6) is 0 Å². The number of carbonyl (C=O) groups is 1. The van der Waals surface area contributed by atoms with Crippen LogP contribution in [0.1, 0.15) is 0 Å². The van der Waals surface area contributed by atoms with Crippen LogP contribution in [-0.4, -0.2) is 15.7 Å². The van der Waals surface area contributed by atoms with E-state index in [2.05, 4.69) is 10.4 Å². The first kappa shape index (κ1) is 18.1. The first-order valence-electron chi connectivity index (χ1n) is 7.52. The van der Waals surface area contributed by atoms with E-state index in [1.54, 1.807) is 24.3 Å². The van der Waals surface area contributed by atoms with Crippen LogP contribution in [0.4, 0.5) is 10.1 Å². The van der Waals surface area contributed by atoms with Crippen LogP contribution < -0.4 is 10.9 Å². The minimum atomic E-state index is -0.588. The highest BCUT2D eigenvalue weighted by Crippen LogP contribution is 2.25. The molecule has 0 radical (unpaired) electrons. The van der Waals surface area contributed by atoms with Gasteiger partial charge in [-0.25, -0.2) is 9.07 Å². The topological polar surface area (TPSA) is 64.0 Å². The molecule has 0 fully saturated rings. The second-order valence-electron chi connectivity index (χ2n) is 5.37. The number of nitrogens with one attached hydrogen (secondary N) is 1. The molecule has 0 spiro atoms. The molecule has 26 heavy (non-hydrogen) atoms. The van der Waals surface area contributed by atoms with Gasteiger partial charge in [-0.2, -0.15) is 5.10 Å². The summed E-state index contributed by atoms with van der Waals surface area (Å²) in [5.74, 6) is -1.09. The number of hydrogen-bond acceptors (Lipinski definition) is 3. The Morgan fingerprint density at radius 1 is 1.08 bits per heavy atom. The van der Waals surface area contributed by atoms with E-state index in [1.807, 2.05) is 0 Å². The Kier molecular flexibility index (Phi) is 5.35. The average molecular weight is 392 g/mol. The van der Waals surface area contributed by atoms with E-state index in [9.17, 15) is 14.0 Å². The molecule has 1 N–H and O–H groups in total. The van der Waals surface area contributed by atoms with E-state index >= 15 is 0 Å². The number of nitrogens with zero attached hydrogens (tertiary/aromatic N) is 2. The maximum Gasteiger partial charge on any atom is 0.267 e. The number of anilines is 1. The largest absolute Gasteiger partial charge is 0.324 e. The smallest absolute Gasteiger partial charge is 0.267 e. The van der Waals surface area contributed by atoms with Gasteiger partial charge in [0.05, 0.1) is 15.7 Å². The van der Waals surface area contributed by atoms with Crippen molar-refractivity contribution in [3.05, 3.63) is 80.8 Å². The molecule has 2 aromatic carbocycles. The molecule has 0 atom stereocenters. The summed E-state index contributed by atoms with van der Waals surface area (Å²) in [6.45, 7) is -0.313. The van der Waals surface area contributed by atoms with Crippen LogP contribution in [0.15, 0.2) is 59.4 Å². The zero-order valence-electron chi connectivity index (χ0n) is 13.2. The van der Waals surface area contributed by atoms with Gasteiger partial charge in [0.15, 0.2) is 0 Å². The molecule has 1 amide bonds. The van der Waals surface area contributed by atoms with Crippen molar-refractivity contribution in [3.8, 4) is 11.3 Å². The fourth-order valence-corrected chi connectivity index (χ4v) is 2.70. The SMILES string of the molecule is O=C(Cn1nc(-c2ccccc2Cl)ccc1=O)Nc1ccc(F)c(Cl)c1. The first-order chi connectivity index (χ1) is 12.4.